The van der Waals surface area contributed by atoms with Gasteiger partial charge in [0, 0.05) is 19.2 Å². The molecule has 0 aromatic heterocycles. The molecular formula is C15H20F3NO2. The van der Waals surface area contributed by atoms with Gasteiger partial charge in [-0.1, -0.05) is 18.6 Å². The fourth-order valence-electron chi connectivity index (χ4n) is 2.80. The molecule has 0 radical (unpaired) electrons. The van der Waals surface area contributed by atoms with Crippen LogP contribution in [0.1, 0.15) is 36.5 Å². The summed E-state index contributed by atoms with van der Waals surface area (Å²) in [6, 6.07) is 4.72. The highest BCUT2D eigenvalue weighted by Crippen LogP contribution is 2.30. The smallest absolute Gasteiger partial charge is 0.396 e. The molecule has 1 aliphatic carbocycles. The molecule has 21 heavy (non-hydrogen) atoms. The number of rotatable bonds is 5. The lowest BCUT2D eigenvalue weighted by Crippen LogP contribution is -2.36. The molecular weight excluding hydrogens is 283 g/mol. The Kier molecular flexibility index (Phi) is 5.24. The van der Waals surface area contributed by atoms with Gasteiger partial charge in [0.2, 0.25) is 0 Å². The lowest BCUT2D eigenvalue weighted by Gasteiger charge is -2.21. The quantitative estimate of drug-likeness (QED) is 0.783. The van der Waals surface area contributed by atoms with Gasteiger partial charge < -0.3 is 15.5 Å². The zero-order valence-electron chi connectivity index (χ0n) is 11.6. The maximum absolute atomic E-state index is 12.5. The van der Waals surface area contributed by atoms with Gasteiger partial charge in [-0.2, -0.15) is 13.2 Å². The van der Waals surface area contributed by atoms with E-state index in [1.807, 2.05) is 0 Å². The highest BCUT2D eigenvalue weighted by molar-refractivity contribution is 5.26. The molecule has 0 saturated heterocycles. The van der Waals surface area contributed by atoms with E-state index in [1.54, 1.807) is 0 Å². The van der Waals surface area contributed by atoms with Crippen LogP contribution in [0.25, 0.3) is 0 Å². The molecule has 1 fully saturated rings. The lowest BCUT2D eigenvalue weighted by atomic mass is 10.0. The Hall–Kier alpha value is -1.11. The van der Waals surface area contributed by atoms with E-state index in [0.29, 0.717) is 5.56 Å². The number of alkyl halides is 3. The summed E-state index contributed by atoms with van der Waals surface area (Å²) in [5.41, 5.74) is -0.267. The van der Waals surface area contributed by atoms with Crippen LogP contribution in [0.3, 0.4) is 0 Å². The first-order valence-corrected chi connectivity index (χ1v) is 7.11. The Bertz CT molecular complexity index is 447. The second-order valence-corrected chi connectivity index (χ2v) is 5.52. The van der Waals surface area contributed by atoms with E-state index in [4.69, 9.17) is 0 Å². The Morgan fingerprint density at radius 3 is 2.43 bits per heavy atom. The molecule has 2 rings (SSSR count). The largest absolute Gasteiger partial charge is 0.416 e. The Balaban J connectivity index is 1.90. The van der Waals surface area contributed by atoms with Crippen molar-refractivity contribution in [2.45, 2.75) is 37.6 Å². The number of halogens is 3. The van der Waals surface area contributed by atoms with E-state index < -0.39 is 17.8 Å². The van der Waals surface area contributed by atoms with E-state index in [-0.39, 0.29) is 25.1 Å². The molecule has 0 aliphatic heterocycles. The molecule has 6 heteroatoms. The van der Waals surface area contributed by atoms with Crippen molar-refractivity contribution in [1.82, 2.24) is 5.32 Å². The van der Waals surface area contributed by atoms with Crippen LogP contribution < -0.4 is 5.32 Å². The van der Waals surface area contributed by atoms with Crippen molar-refractivity contribution in [3.05, 3.63) is 35.4 Å². The van der Waals surface area contributed by atoms with Crippen molar-refractivity contribution in [1.29, 1.82) is 0 Å². The normalized spacial score (nSPS) is 24.2. The van der Waals surface area contributed by atoms with E-state index in [9.17, 15) is 23.4 Å². The fourth-order valence-corrected chi connectivity index (χ4v) is 2.80. The monoisotopic (exact) mass is 303 g/mol. The minimum Gasteiger partial charge on any atom is -0.396 e. The first kappa shape index (κ1) is 16.3. The predicted octanol–water partition coefficient (Wildman–Crippen LogP) is 2.49. The van der Waals surface area contributed by atoms with Crippen LogP contribution in [0.15, 0.2) is 24.3 Å². The minimum absolute atomic E-state index is 0.119. The highest BCUT2D eigenvalue weighted by Gasteiger charge is 2.30. The second kappa shape index (κ2) is 6.77. The van der Waals surface area contributed by atoms with Gasteiger partial charge in [-0.3, -0.25) is 0 Å². The van der Waals surface area contributed by atoms with E-state index in [1.165, 1.54) is 12.1 Å². The van der Waals surface area contributed by atoms with E-state index in [0.717, 1.165) is 31.4 Å². The third-order valence-corrected chi connectivity index (χ3v) is 4.09. The van der Waals surface area contributed by atoms with Crippen LogP contribution in [-0.2, 0) is 6.18 Å². The minimum atomic E-state index is -4.36. The molecule has 1 aliphatic rings. The molecule has 3 N–H and O–H groups in total. The lowest BCUT2D eigenvalue weighted by molar-refractivity contribution is -0.137. The maximum Gasteiger partial charge on any atom is 0.416 e. The van der Waals surface area contributed by atoms with Crippen LogP contribution >= 0.6 is 0 Å². The van der Waals surface area contributed by atoms with Crippen LogP contribution in [-0.4, -0.2) is 29.4 Å². The number of nitrogens with one attached hydrogen (secondary N) is 1. The van der Waals surface area contributed by atoms with Crippen molar-refractivity contribution in [3.8, 4) is 0 Å². The summed E-state index contributed by atoms with van der Waals surface area (Å²) < 4.78 is 37.4. The zero-order valence-corrected chi connectivity index (χ0v) is 11.6. The third-order valence-electron chi connectivity index (χ3n) is 4.09. The third kappa shape index (κ3) is 4.18. The highest BCUT2D eigenvalue weighted by atomic mass is 19.4. The summed E-state index contributed by atoms with van der Waals surface area (Å²) in [6.45, 7) is 0.389. The predicted molar refractivity (Wildman–Crippen MR) is 72.6 cm³/mol. The van der Waals surface area contributed by atoms with Crippen molar-refractivity contribution in [2.24, 2.45) is 5.92 Å². The Morgan fingerprint density at radius 2 is 1.86 bits per heavy atom. The molecule has 0 spiro atoms. The number of hydrogen-bond donors (Lipinski definition) is 3. The topological polar surface area (TPSA) is 52.5 Å². The summed E-state index contributed by atoms with van der Waals surface area (Å²) in [4.78, 5) is 0. The number of benzene rings is 1. The van der Waals surface area contributed by atoms with Crippen molar-refractivity contribution in [3.63, 3.8) is 0 Å². The van der Waals surface area contributed by atoms with Gasteiger partial charge in [0.05, 0.1) is 11.7 Å². The molecule has 3 atom stereocenters. The van der Waals surface area contributed by atoms with Crippen molar-refractivity contribution in [2.75, 3.05) is 13.2 Å². The van der Waals surface area contributed by atoms with Gasteiger partial charge in [0.1, 0.15) is 0 Å². The molecule has 0 bridgehead atoms. The summed E-state index contributed by atoms with van der Waals surface area (Å²) >= 11 is 0. The van der Waals surface area contributed by atoms with Gasteiger partial charge in [-0.05, 0) is 36.5 Å². The molecule has 3 unspecified atom stereocenters. The van der Waals surface area contributed by atoms with Crippen molar-refractivity contribution >= 4 is 0 Å². The van der Waals surface area contributed by atoms with E-state index in [2.05, 4.69) is 5.32 Å². The number of hydrogen-bond acceptors (Lipinski definition) is 3. The summed E-state index contributed by atoms with van der Waals surface area (Å²) in [5.74, 6) is 0.199. The summed E-state index contributed by atoms with van der Waals surface area (Å²) in [7, 11) is 0. The van der Waals surface area contributed by atoms with Gasteiger partial charge in [-0.25, -0.2) is 0 Å². The molecule has 3 nitrogen and oxygen atoms in total. The standard InChI is InChI=1S/C15H20F3NO2/c16-15(17,18)12-6-4-10(5-7-12)14(21)8-19-13-3-1-2-11(13)9-20/h4-7,11,13-14,19-21H,1-3,8-9H2. The fraction of sp³-hybridized carbons (Fsp3) is 0.600. The average Bonchev–Trinajstić information content (AvgIpc) is 2.91. The van der Waals surface area contributed by atoms with Gasteiger partial charge in [-0.15, -0.1) is 0 Å². The molecule has 1 saturated carbocycles. The van der Waals surface area contributed by atoms with Crippen LogP contribution in [0, 0.1) is 5.92 Å². The first-order chi connectivity index (χ1) is 9.91. The molecule has 1 aromatic carbocycles. The number of aliphatic hydroxyl groups is 2. The van der Waals surface area contributed by atoms with Crippen LogP contribution in [0.2, 0.25) is 0 Å². The average molecular weight is 303 g/mol. The summed E-state index contributed by atoms with van der Waals surface area (Å²) in [6.07, 6.45) is -2.26. The molecule has 0 heterocycles. The molecule has 1 aromatic rings. The first-order valence-electron chi connectivity index (χ1n) is 7.11. The van der Waals surface area contributed by atoms with Crippen LogP contribution in [0.5, 0.6) is 0 Å². The SMILES string of the molecule is OCC1CCCC1NCC(O)c1ccc(C(F)(F)F)cc1. The Morgan fingerprint density at radius 1 is 1.19 bits per heavy atom. The zero-order chi connectivity index (χ0) is 15.5. The van der Waals surface area contributed by atoms with Gasteiger partial charge >= 0.3 is 6.18 Å². The van der Waals surface area contributed by atoms with E-state index >= 15 is 0 Å². The maximum atomic E-state index is 12.5. The van der Waals surface area contributed by atoms with Crippen LogP contribution in [0.4, 0.5) is 13.2 Å². The molecule has 118 valence electrons. The Labute approximate surface area is 121 Å². The molecule has 0 amide bonds. The number of aliphatic hydroxyl groups excluding tert-OH is 2. The van der Waals surface area contributed by atoms with Gasteiger partial charge in [0.15, 0.2) is 0 Å². The van der Waals surface area contributed by atoms with Gasteiger partial charge in [0.25, 0.3) is 0 Å². The van der Waals surface area contributed by atoms with Crippen molar-refractivity contribution < 1.29 is 23.4 Å². The summed E-state index contributed by atoms with van der Waals surface area (Å²) in [5, 5.41) is 22.4. The second-order valence-electron chi connectivity index (χ2n) is 5.52.